The Morgan fingerprint density at radius 2 is 1.72 bits per heavy atom. The topological polar surface area (TPSA) is 23.6 Å². The number of hydrogen-bond acceptors (Lipinski definition) is 2. The molecule has 2 heterocycles. The molecule has 0 aromatic heterocycles. The molecule has 18 heavy (non-hydrogen) atoms. The molecule has 0 aromatic rings. The summed E-state index contributed by atoms with van der Waals surface area (Å²) in [6.45, 7) is 1.39. The van der Waals surface area contributed by atoms with Crippen molar-refractivity contribution in [2.24, 2.45) is 5.92 Å². The largest absolute Gasteiger partial charge is 0.391 e. The van der Waals surface area contributed by atoms with E-state index in [9.17, 15) is 18.0 Å². The molecule has 2 aliphatic rings. The Balaban J connectivity index is 1.88. The molecular weight excluding hydrogens is 245 g/mol. The summed E-state index contributed by atoms with van der Waals surface area (Å²) in [5.74, 6) is -1.22. The molecule has 2 rings (SSSR count). The standard InChI is InChI=1S/C12H19F3N2O/c1-16-6-2-3-10(16)11(18)17-7-4-9(5-8-17)12(13,14)15/h9-10H,2-8H2,1H3/t10-/m0/s1. The van der Waals surface area contributed by atoms with E-state index in [-0.39, 0.29) is 37.9 Å². The van der Waals surface area contributed by atoms with Gasteiger partial charge in [0.2, 0.25) is 5.91 Å². The van der Waals surface area contributed by atoms with Gasteiger partial charge in [-0.3, -0.25) is 9.69 Å². The first-order valence-corrected chi connectivity index (χ1v) is 6.45. The Bertz CT molecular complexity index is 311. The molecule has 0 N–H and O–H groups in total. The van der Waals surface area contributed by atoms with Crippen molar-refractivity contribution in [1.82, 2.24) is 9.80 Å². The molecule has 1 atom stereocenters. The summed E-state index contributed by atoms with van der Waals surface area (Å²) in [5, 5.41) is 0. The first-order valence-electron chi connectivity index (χ1n) is 6.45. The van der Waals surface area contributed by atoms with E-state index in [4.69, 9.17) is 0 Å². The number of likely N-dealkylation sites (N-methyl/N-ethyl adjacent to an activating group) is 1. The molecule has 0 saturated carbocycles. The molecule has 2 saturated heterocycles. The molecule has 2 fully saturated rings. The SMILES string of the molecule is CN1CCC[C@H]1C(=O)N1CCC(C(F)(F)F)CC1. The van der Waals surface area contributed by atoms with Crippen LogP contribution in [0.5, 0.6) is 0 Å². The Labute approximate surface area is 105 Å². The van der Waals surface area contributed by atoms with Crippen LogP contribution in [-0.2, 0) is 4.79 Å². The van der Waals surface area contributed by atoms with E-state index in [1.54, 1.807) is 4.90 Å². The second kappa shape index (κ2) is 5.07. The first-order chi connectivity index (χ1) is 8.39. The van der Waals surface area contributed by atoms with E-state index >= 15 is 0 Å². The van der Waals surface area contributed by atoms with E-state index in [1.807, 2.05) is 11.9 Å². The summed E-state index contributed by atoms with van der Waals surface area (Å²) in [6.07, 6.45) is -2.20. The van der Waals surface area contributed by atoms with Crippen LogP contribution >= 0.6 is 0 Å². The number of halogens is 3. The third-order valence-corrected chi connectivity index (χ3v) is 4.08. The Morgan fingerprint density at radius 1 is 1.11 bits per heavy atom. The zero-order valence-corrected chi connectivity index (χ0v) is 10.5. The van der Waals surface area contributed by atoms with Crippen LogP contribution in [0.25, 0.3) is 0 Å². The summed E-state index contributed by atoms with van der Waals surface area (Å²) < 4.78 is 37.6. The smallest absolute Gasteiger partial charge is 0.341 e. The van der Waals surface area contributed by atoms with Crippen molar-refractivity contribution < 1.29 is 18.0 Å². The van der Waals surface area contributed by atoms with Crippen molar-refractivity contribution in [3.05, 3.63) is 0 Å². The maximum absolute atomic E-state index is 12.5. The van der Waals surface area contributed by atoms with E-state index in [2.05, 4.69) is 0 Å². The van der Waals surface area contributed by atoms with Crippen molar-refractivity contribution in [3.8, 4) is 0 Å². The lowest BCUT2D eigenvalue weighted by molar-refractivity contribution is -0.186. The molecule has 0 radical (unpaired) electrons. The van der Waals surface area contributed by atoms with Gasteiger partial charge in [-0.05, 0) is 39.3 Å². The van der Waals surface area contributed by atoms with Crippen molar-refractivity contribution in [2.45, 2.75) is 37.9 Å². The zero-order chi connectivity index (χ0) is 13.3. The normalized spacial score (nSPS) is 27.8. The average molecular weight is 264 g/mol. The lowest BCUT2D eigenvalue weighted by Gasteiger charge is -2.35. The fourth-order valence-corrected chi connectivity index (χ4v) is 2.86. The van der Waals surface area contributed by atoms with Gasteiger partial charge in [0.25, 0.3) is 0 Å². The zero-order valence-electron chi connectivity index (χ0n) is 10.5. The van der Waals surface area contributed by atoms with Gasteiger partial charge in [-0.2, -0.15) is 13.2 Å². The summed E-state index contributed by atoms with van der Waals surface area (Å²) in [7, 11) is 1.90. The highest BCUT2D eigenvalue weighted by Crippen LogP contribution is 2.34. The highest BCUT2D eigenvalue weighted by molar-refractivity contribution is 5.82. The number of carbonyl (C=O) groups is 1. The number of nitrogens with zero attached hydrogens (tertiary/aromatic N) is 2. The van der Waals surface area contributed by atoms with Crippen LogP contribution in [-0.4, -0.2) is 54.6 Å². The molecule has 0 aliphatic carbocycles. The van der Waals surface area contributed by atoms with Crippen LogP contribution in [0, 0.1) is 5.92 Å². The van der Waals surface area contributed by atoms with E-state index in [0.29, 0.717) is 0 Å². The number of alkyl halides is 3. The summed E-state index contributed by atoms with van der Waals surface area (Å²) in [6, 6.07) is -0.118. The van der Waals surface area contributed by atoms with Crippen LogP contribution in [0.3, 0.4) is 0 Å². The summed E-state index contributed by atoms with van der Waals surface area (Å²) in [4.78, 5) is 15.8. The fourth-order valence-electron chi connectivity index (χ4n) is 2.86. The molecule has 6 heteroatoms. The van der Waals surface area contributed by atoms with Crippen molar-refractivity contribution in [3.63, 3.8) is 0 Å². The van der Waals surface area contributed by atoms with Crippen LogP contribution < -0.4 is 0 Å². The molecule has 104 valence electrons. The summed E-state index contributed by atoms with van der Waals surface area (Å²) in [5.41, 5.74) is 0. The van der Waals surface area contributed by atoms with Crippen molar-refractivity contribution in [1.29, 1.82) is 0 Å². The van der Waals surface area contributed by atoms with Gasteiger partial charge in [0.05, 0.1) is 12.0 Å². The minimum Gasteiger partial charge on any atom is -0.341 e. The van der Waals surface area contributed by atoms with Gasteiger partial charge in [-0.15, -0.1) is 0 Å². The van der Waals surface area contributed by atoms with Gasteiger partial charge in [0, 0.05) is 13.1 Å². The van der Waals surface area contributed by atoms with Crippen molar-refractivity contribution >= 4 is 5.91 Å². The molecule has 0 aromatic carbocycles. The number of likely N-dealkylation sites (tertiary alicyclic amines) is 2. The van der Waals surface area contributed by atoms with Crippen molar-refractivity contribution in [2.75, 3.05) is 26.7 Å². The maximum Gasteiger partial charge on any atom is 0.391 e. The van der Waals surface area contributed by atoms with Crippen LogP contribution in [0.15, 0.2) is 0 Å². The first kappa shape index (κ1) is 13.6. The monoisotopic (exact) mass is 264 g/mol. The molecule has 0 spiro atoms. The second-order valence-electron chi connectivity index (χ2n) is 5.28. The van der Waals surface area contributed by atoms with E-state index < -0.39 is 12.1 Å². The number of hydrogen-bond donors (Lipinski definition) is 0. The molecule has 0 unspecified atom stereocenters. The fraction of sp³-hybridized carbons (Fsp3) is 0.917. The molecule has 2 aliphatic heterocycles. The lowest BCUT2D eigenvalue weighted by Crippen LogP contribution is -2.48. The second-order valence-corrected chi connectivity index (χ2v) is 5.28. The lowest BCUT2D eigenvalue weighted by atomic mass is 9.95. The predicted octanol–water partition coefficient (Wildman–Crippen LogP) is 1.88. The number of amides is 1. The molecular formula is C12H19F3N2O. The van der Waals surface area contributed by atoms with E-state index in [0.717, 1.165) is 19.4 Å². The van der Waals surface area contributed by atoms with Gasteiger partial charge >= 0.3 is 6.18 Å². The molecule has 1 amide bonds. The van der Waals surface area contributed by atoms with E-state index in [1.165, 1.54) is 0 Å². The number of piperidine rings is 1. The maximum atomic E-state index is 12.5. The third-order valence-electron chi connectivity index (χ3n) is 4.08. The third kappa shape index (κ3) is 2.79. The number of carbonyl (C=O) groups excluding carboxylic acids is 1. The predicted molar refractivity (Wildman–Crippen MR) is 61.0 cm³/mol. The van der Waals surface area contributed by atoms with Gasteiger partial charge in [0.1, 0.15) is 0 Å². The van der Waals surface area contributed by atoms with Gasteiger partial charge < -0.3 is 4.90 Å². The minimum atomic E-state index is -4.11. The highest BCUT2D eigenvalue weighted by atomic mass is 19.4. The quantitative estimate of drug-likeness (QED) is 0.722. The van der Waals surface area contributed by atoms with Crippen LogP contribution in [0.2, 0.25) is 0 Å². The molecule has 3 nitrogen and oxygen atoms in total. The number of rotatable bonds is 1. The average Bonchev–Trinajstić information content (AvgIpc) is 2.73. The van der Waals surface area contributed by atoms with Gasteiger partial charge in [0.15, 0.2) is 0 Å². The van der Waals surface area contributed by atoms with Crippen LogP contribution in [0.1, 0.15) is 25.7 Å². The highest BCUT2D eigenvalue weighted by Gasteiger charge is 2.42. The molecule has 0 bridgehead atoms. The van der Waals surface area contributed by atoms with Crippen LogP contribution in [0.4, 0.5) is 13.2 Å². The minimum absolute atomic E-state index is 0.00984. The van der Waals surface area contributed by atoms with Gasteiger partial charge in [-0.25, -0.2) is 0 Å². The van der Waals surface area contributed by atoms with Gasteiger partial charge in [-0.1, -0.05) is 0 Å². The Kier molecular flexibility index (Phi) is 3.84. The Hall–Kier alpha value is -0.780. The Morgan fingerprint density at radius 3 is 2.17 bits per heavy atom. The summed E-state index contributed by atoms with van der Waals surface area (Å²) >= 11 is 0.